The zero-order chi connectivity index (χ0) is 32.4. The van der Waals surface area contributed by atoms with Gasteiger partial charge in [-0.05, 0) is 65.6 Å². The summed E-state index contributed by atoms with van der Waals surface area (Å²) in [7, 11) is -2.77. The lowest BCUT2D eigenvalue weighted by atomic mass is 10.0. The van der Waals surface area contributed by atoms with E-state index in [2.05, 4.69) is 5.32 Å². The number of amides is 2. The highest BCUT2D eigenvalue weighted by atomic mass is 32.2. The number of nitrogens with one attached hydrogen (secondary N) is 1. The molecule has 1 atom stereocenters. The molecule has 0 fully saturated rings. The summed E-state index contributed by atoms with van der Waals surface area (Å²) in [4.78, 5) is 29.5. The van der Waals surface area contributed by atoms with Crippen molar-refractivity contribution in [1.82, 2.24) is 10.2 Å². The van der Waals surface area contributed by atoms with E-state index in [1.165, 1.54) is 12.0 Å². The van der Waals surface area contributed by atoms with Crippen LogP contribution in [0.4, 0.5) is 10.1 Å². The molecule has 0 aliphatic carbocycles. The summed E-state index contributed by atoms with van der Waals surface area (Å²) in [6.45, 7) is 3.77. The molecule has 0 aromatic heterocycles. The van der Waals surface area contributed by atoms with Crippen LogP contribution >= 0.6 is 0 Å². The topological polar surface area (TPSA) is 96.0 Å². The fraction of sp³-hybridized carbons (Fsp3) is 0.257. The van der Waals surface area contributed by atoms with E-state index in [1.807, 2.05) is 50.2 Å². The smallest absolute Gasteiger partial charge is 0.264 e. The van der Waals surface area contributed by atoms with Gasteiger partial charge < -0.3 is 15.0 Å². The van der Waals surface area contributed by atoms with Crippen molar-refractivity contribution in [2.45, 2.75) is 37.8 Å². The highest BCUT2D eigenvalue weighted by molar-refractivity contribution is 7.92. The lowest BCUT2D eigenvalue weighted by molar-refractivity contribution is -0.140. The second kappa shape index (κ2) is 15.3. The van der Waals surface area contributed by atoms with Crippen molar-refractivity contribution >= 4 is 27.5 Å². The third-order valence-corrected chi connectivity index (χ3v) is 8.96. The summed E-state index contributed by atoms with van der Waals surface area (Å²) in [6.07, 6.45) is 0.205. The number of methoxy groups -OCH3 is 1. The average Bonchev–Trinajstić information content (AvgIpc) is 3.05. The Hall–Kier alpha value is -4.70. The maximum absolute atomic E-state index is 14.4. The van der Waals surface area contributed by atoms with E-state index in [4.69, 9.17) is 4.74 Å². The number of hydrogen-bond donors (Lipinski definition) is 1. The third-order valence-electron chi connectivity index (χ3n) is 7.17. The van der Waals surface area contributed by atoms with Crippen LogP contribution in [0.1, 0.15) is 25.0 Å². The number of rotatable bonds is 14. The Morgan fingerprint density at radius 1 is 0.844 bits per heavy atom. The molecule has 1 N–H and O–H groups in total. The predicted molar refractivity (Wildman–Crippen MR) is 173 cm³/mol. The zero-order valence-electron chi connectivity index (χ0n) is 25.6. The van der Waals surface area contributed by atoms with Crippen molar-refractivity contribution in [3.05, 3.63) is 126 Å². The normalized spacial score (nSPS) is 11.9. The Morgan fingerprint density at radius 3 is 2.09 bits per heavy atom. The summed E-state index contributed by atoms with van der Waals surface area (Å²) in [6, 6.07) is 28.2. The molecule has 0 saturated heterocycles. The van der Waals surface area contributed by atoms with Crippen molar-refractivity contribution in [2.24, 2.45) is 5.92 Å². The molecule has 0 radical (unpaired) electrons. The fourth-order valence-electron chi connectivity index (χ4n) is 4.80. The van der Waals surface area contributed by atoms with Crippen molar-refractivity contribution in [1.29, 1.82) is 0 Å². The molecular formula is C35H38FN3O5S. The van der Waals surface area contributed by atoms with Crippen molar-refractivity contribution in [2.75, 3.05) is 24.5 Å². The van der Waals surface area contributed by atoms with Gasteiger partial charge in [0.15, 0.2) is 0 Å². The van der Waals surface area contributed by atoms with Crippen LogP contribution in [0.2, 0.25) is 0 Å². The molecule has 4 aromatic rings. The van der Waals surface area contributed by atoms with Crippen LogP contribution in [0.3, 0.4) is 0 Å². The third kappa shape index (κ3) is 8.92. The summed E-state index contributed by atoms with van der Waals surface area (Å²) >= 11 is 0. The van der Waals surface area contributed by atoms with E-state index >= 15 is 0 Å². The molecule has 0 saturated carbocycles. The number of para-hydroxylation sites is 1. The number of benzene rings is 4. The summed E-state index contributed by atoms with van der Waals surface area (Å²) < 4.78 is 48.0. The van der Waals surface area contributed by atoms with Crippen molar-refractivity contribution < 1.29 is 27.1 Å². The Bertz CT molecular complexity index is 1670. The van der Waals surface area contributed by atoms with E-state index < -0.39 is 34.3 Å². The molecule has 236 valence electrons. The minimum absolute atomic E-state index is 0.0157. The number of carbonyl (C=O) groups excluding carboxylic acids is 2. The van der Waals surface area contributed by atoms with Gasteiger partial charge in [-0.3, -0.25) is 13.9 Å². The van der Waals surface area contributed by atoms with Crippen LogP contribution in [-0.2, 0) is 32.6 Å². The summed E-state index contributed by atoms with van der Waals surface area (Å²) in [5.74, 6) is -0.779. The highest BCUT2D eigenvalue weighted by Gasteiger charge is 2.34. The first kappa shape index (κ1) is 33.2. The monoisotopic (exact) mass is 631 g/mol. The highest BCUT2D eigenvalue weighted by Crippen LogP contribution is 2.25. The van der Waals surface area contributed by atoms with Crippen LogP contribution in [0.15, 0.2) is 114 Å². The lowest BCUT2D eigenvalue weighted by Gasteiger charge is -2.34. The number of sulfonamides is 1. The summed E-state index contributed by atoms with van der Waals surface area (Å²) in [5.41, 5.74) is 1.79. The van der Waals surface area contributed by atoms with Crippen LogP contribution in [0.5, 0.6) is 5.75 Å². The average molecular weight is 632 g/mol. The van der Waals surface area contributed by atoms with Gasteiger partial charge in [-0.1, -0.05) is 74.5 Å². The second-order valence-corrected chi connectivity index (χ2v) is 12.9. The van der Waals surface area contributed by atoms with E-state index in [0.29, 0.717) is 17.9 Å². The van der Waals surface area contributed by atoms with Gasteiger partial charge >= 0.3 is 0 Å². The summed E-state index contributed by atoms with van der Waals surface area (Å²) in [5, 5.41) is 2.97. The maximum atomic E-state index is 14.4. The Kier molecular flexibility index (Phi) is 11.3. The number of anilines is 1. The Morgan fingerprint density at radius 2 is 1.47 bits per heavy atom. The largest absolute Gasteiger partial charge is 0.497 e. The first-order valence-electron chi connectivity index (χ1n) is 14.7. The van der Waals surface area contributed by atoms with Gasteiger partial charge in [0.25, 0.3) is 10.0 Å². The van der Waals surface area contributed by atoms with E-state index in [9.17, 15) is 22.4 Å². The molecule has 0 heterocycles. The van der Waals surface area contributed by atoms with Gasteiger partial charge in [-0.25, -0.2) is 12.8 Å². The number of carbonyl (C=O) groups is 2. The standard InChI is InChI=1S/C35H38FN3O5S/c1-26(2)23-37-35(41)33(22-27-11-6-4-7-12-27)38(24-28-13-10-16-31(21-28)44-3)34(40)25-39(30-14-8-5-9-15-30)45(42,43)32-19-17-29(36)18-20-32/h4-21,26,33H,22-25H2,1-3H3,(H,37,41). The van der Waals surface area contributed by atoms with E-state index in [-0.39, 0.29) is 35.4 Å². The van der Waals surface area contributed by atoms with Gasteiger partial charge in [0.2, 0.25) is 11.8 Å². The number of hydrogen-bond acceptors (Lipinski definition) is 5. The first-order valence-corrected chi connectivity index (χ1v) is 16.1. The zero-order valence-corrected chi connectivity index (χ0v) is 26.4. The molecule has 4 rings (SSSR count). The first-order chi connectivity index (χ1) is 21.6. The molecule has 0 bridgehead atoms. The van der Waals surface area contributed by atoms with Gasteiger partial charge in [0, 0.05) is 19.5 Å². The molecule has 1 unspecified atom stereocenters. The van der Waals surface area contributed by atoms with Crippen molar-refractivity contribution in [3.8, 4) is 5.75 Å². The fourth-order valence-corrected chi connectivity index (χ4v) is 6.21. The van der Waals surface area contributed by atoms with Gasteiger partial charge in [0.05, 0.1) is 17.7 Å². The number of ether oxygens (including phenoxy) is 1. The number of nitrogens with zero attached hydrogens (tertiary/aromatic N) is 2. The SMILES string of the molecule is COc1cccc(CN(C(=O)CN(c2ccccc2)S(=O)(=O)c2ccc(F)cc2)C(Cc2ccccc2)C(=O)NCC(C)C)c1. The minimum Gasteiger partial charge on any atom is -0.497 e. The number of halogens is 1. The van der Waals surface area contributed by atoms with Gasteiger partial charge in [-0.2, -0.15) is 0 Å². The molecule has 2 amide bonds. The van der Waals surface area contributed by atoms with Crippen LogP contribution < -0.4 is 14.4 Å². The van der Waals surface area contributed by atoms with Crippen LogP contribution in [-0.4, -0.2) is 51.4 Å². The minimum atomic E-state index is -4.31. The van der Waals surface area contributed by atoms with Crippen molar-refractivity contribution in [3.63, 3.8) is 0 Å². The molecule has 0 aliphatic heterocycles. The van der Waals surface area contributed by atoms with Gasteiger partial charge in [-0.15, -0.1) is 0 Å². The van der Waals surface area contributed by atoms with E-state index in [0.717, 1.165) is 34.1 Å². The Balaban J connectivity index is 1.79. The van der Waals surface area contributed by atoms with Gasteiger partial charge in [0.1, 0.15) is 24.2 Å². The second-order valence-electron chi connectivity index (χ2n) is 11.0. The van der Waals surface area contributed by atoms with Crippen LogP contribution in [0, 0.1) is 11.7 Å². The predicted octanol–water partition coefficient (Wildman–Crippen LogP) is 5.44. The quantitative estimate of drug-likeness (QED) is 0.200. The maximum Gasteiger partial charge on any atom is 0.264 e. The molecule has 45 heavy (non-hydrogen) atoms. The molecule has 0 aliphatic rings. The molecule has 0 spiro atoms. The Labute approximate surface area is 264 Å². The lowest BCUT2D eigenvalue weighted by Crippen LogP contribution is -2.53. The molecule has 10 heteroatoms. The van der Waals surface area contributed by atoms with E-state index in [1.54, 1.807) is 48.5 Å². The molecule has 4 aromatic carbocycles. The molecular weight excluding hydrogens is 593 g/mol. The van der Waals surface area contributed by atoms with Crippen LogP contribution in [0.25, 0.3) is 0 Å². The molecule has 8 nitrogen and oxygen atoms in total.